The molecule has 3 rings (SSSR count). The van der Waals surface area contributed by atoms with Crippen LogP contribution in [0.4, 0.5) is 4.39 Å². The van der Waals surface area contributed by atoms with Gasteiger partial charge in [-0.1, -0.05) is 12.1 Å². The number of nitrogens with zero attached hydrogens (tertiary/aromatic N) is 3. The minimum absolute atomic E-state index is 0.152. The van der Waals surface area contributed by atoms with E-state index in [0.29, 0.717) is 17.7 Å². The Labute approximate surface area is 176 Å². The van der Waals surface area contributed by atoms with Crippen molar-refractivity contribution in [3.05, 3.63) is 35.6 Å². The number of benzene rings is 1. The topological polar surface area (TPSA) is 26.8 Å². The molecule has 0 spiro atoms. The summed E-state index contributed by atoms with van der Waals surface area (Å²) in [6.45, 7) is 9.17. The van der Waals surface area contributed by atoms with Gasteiger partial charge in [-0.25, -0.2) is 4.39 Å². The zero-order chi connectivity index (χ0) is 20.6. The summed E-state index contributed by atoms with van der Waals surface area (Å²) in [5.41, 5.74) is 1.07. The fourth-order valence-electron chi connectivity index (χ4n) is 4.84. The van der Waals surface area contributed by atoms with Crippen LogP contribution in [0.25, 0.3) is 0 Å². The van der Waals surface area contributed by atoms with Gasteiger partial charge in [-0.15, -0.1) is 0 Å². The van der Waals surface area contributed by atoms with Crippen LogP contribution in [0, 0.1) is 17.7 Å². The van der Waals surface area contributed by atoms with Gasteiger partial charge in [-0.2, -0.15) is 0 Å². The second-order valence-electron chi connectivity index (χ2n) is 9.07. The fraction of sp³-hybridized carbons (Fsp3) is 0.708. The van der Waals surface area contributed by atoms with Gasteiger partial charge in [0.05, 0.1) is 0 Å². The average Bonchev–Trinajstić information content (AvgIpc) is 2.72. The highest BCUT2D eigenvalue weighted by atomic mass is 19.1. The predicted molar refractivity (Wildman–Crippen MR) is 116 cm³/mol. The molecule has 29 heavy (non-hydrogen) atoms. The summed E-state index contributed by atoms with van der Waals surface area (Å²) in [7, 11) is 2.17. The number of carbonyl (C=O) groups is 1. The van der Waals surface area contributed by atoms with E-state index >= 15 is 0 Å². The van der Waals surface area contributed by atoms with Gasteiger partial charge in [0.25, 0.3) is 0 Å². The molecule has 0 radical (unpaired) electrons. The molecule has 2 aliphatic heterocycles. The number of hydrogen-bond acceptors (Lipinski definition) is 3. The van der Waals surface area contributed by atoms with Crippen molar-refractivity contribution >= 4 is 5.91 Å². The highest BCUT2D eigenvalue weighted by Crippen LogP contribution is 2.22. The minimum Gasteiger partial charge on any atom is -0.343 e. The van der Waals surface area contributed by atoms with E-state index < -0.39 is 0 Å². The quantitative estimate of drug-likeness (QED) is 0.663. The van der Waals surface area contributed by atoms with Crippen LogP contribution in [0.15, 0.2) is 24.3 Å². The highest BCUT2D eigenvalue weighted by Gasteiger charge is 2.26. The van der Waals surface area contributed by atoms with Crippen LogP contribution in [0.2, 0.25) is 0 Å². The summed E-state index contributed by atoms with van der Waals surface area (Å²) in [5, 5.41) is 0. The Kier molecular flexibility index (Phi) is 8.49. The number of piperidine rings is 2. The number of rotatable bonds is 8. The average molecular weight is 404 g/mol. The molecule has 0 aromatic heterocycles. The van der Waals surface area contributed by atoms with Crippen LogP contribution >= 0.6 is 0 Å². The largest absolute Gasteiger partial charge is 0.343 e. The second kappa shape index (κ2) is 11.1. The molecular weight excluding hydrogens is 365 g/mol. The molecule has 0 N–H and O–H groups in total. The van der Waals surface area contributed by atoms with Gasteiger partial charge in [0.15, 0.2) is 0 Å². The molecule has 1 aromatic rings. The number of halogens is 1. The molecule has 2 saturated heterocycles. The van der Waals surface area contributed by atoms with E-state index in [1.807, 2.05) is 6.07 Å². The highest BCUT2D eigenvalue weighted by molar-refractivity contribution is 5.76. The van der Waals surface area contributed by atoms with Crippen molar-refractivity contribution in [2.24, 2.45) is 11.8 Å². The van der Waals surface area contributed by atoms with Gasteiger partial charge in [-0.3, -0.25) is 4.79 Å². The van der Waals surface area contributed by atoms with Crippen LogP contribution in [0.5, 0.6) is 0 Å². The van der Waals surface area contributed by atoms with E-state index in [9.17, 15) is 9.18 Å². The Morgan fingerprint density at radius 2 is 1.97 bits per heavy atom. The number of likely N-dealkylation sites (tertiary alicyclic amines) is 2. The lowest BCUT2D eigenvalue weighted by Gasteiger charge is -2.36. The fourth-order valence-corrected chi connectivity index (χ4v) is 4.84. The van der Waals surface area contributed by atoms with Crippen LogP contribution in [-0.2, 0) is 11.2 Å². The number of amides is 1. The molecule has 0 unspecified atom stereocenters. The standard InChI is InChI=1S/C24H38FN3O/c1-3-28(24(29)17-21-9-13-26(2)14-10-21)19-22-7-5-12-27(18-22)15-11-20-6-4-8-23(25)16-20/h4,6,8,16,21-22H,3,5,7,9-15,17-19H2,1-2H3/t22-/m0/s1. The smallest absolute Gasteiger partial charge is 0.222 e. The Balaban J connectivity index is 1.44. The van der Waals surface area contributed by atoms with Gasteiger partial charge < -0.3 is 14.7 Å². The maximum atomic E-state index is 13.4. The first-order valence-corrected chi connectivity index (χ1v) is 11.5. The van der Waals surface area contributed by atoms with Gasteiger partial charge >= 0.3 is 0 Å². The van der Waals surface area contributed by atoms with Gasteiger partial charge in [-0.05, 0) is 95.2 Å². The van der Waals surface area contributed by atoms with Gasteiger partial charge in [0.2, 0.25) is 5.91 Å². The molecule has 1 aromatic carbocycles. The van der Waals surface area contributed by atoms with E-state index in [-0.39, 0.29) is 5.82 Å². The lowest BCUT2D eigenvalue weighted by Crippen LogP contribution is -2.44. The van der Waals surface area contributed by atoms with Crippen LogP contribution < -0.4 is 0 Å². The first-order chi connectivity index (χ1) is 14.0. The summed E-state index contributed by atoms with van der Waals surface area (Å²) in [4.78, 5) is 19.8. The summed E-state index contributed by atoms with van der Waals surface area (Å²) < 4.78 is 13.4. The zero-order valence-corrected chi connectivity index (χ0v) is 18.3. The van der Waals surface area contributed by atoms with Crippen LogP contribution in [0.3, 0.4) is 0 Å². The third kappa shape index (κ3) is 7.07. The summed E-state index contributed by atoms with van der Waals surface area (Å²) in [6.07, 6.45) is 6.30. The van der Waals surface area contributed by atoms with E-state index in [1.165, 1.54) is 18.9 Å². The lowest BCUT2D eigenvalue weighted by molar-refractivity contribution is -0.133. The molecule has 5 heteroatoms. The number of hydrogen-bond donors (Lipinski definition) is 0. The summed E-state index contributed by atoms with van der Waals surface area (Å²) in [6, 6.07) is 6.94. The number of carbonyl (C=O) groups excluding carboxylic acids is 1. The molecule has 2 aliphatic rings. The molecule has 1 atom stereocenters. The van der Waals surface area contributed by atoms with Gasteiger partial charge in [0, 0.05) is 32.6 Å². The zero-order valence-electron chi connectivity index (χ0n) is 18.3. The molecular formula is C24H38FN3O. The van der Waals surface area contributed by atoms with Crippen molar-refractivity contribution in [1.82, 2.24) is 14.7 Å². The molecule has 2 heterocycles. The first kappa shape index (κ1) is 22.2. The lowest BCUT2D eigenvalue weighted by atomic mass is 9.92. The van der Waals surface area contributed by atoms with Crippen molar-refractivity contribution in [2.75, 3.05) is 52.9 Å². The predicted octanol–water partition coefficient (Wildman–Crippen LogP) is 3.66. The molecule has 2 fully saturated rings. The van der Waals surface area contributed by atoms with Crippen molar-refractivity contribution in [3.63, 3.8) is 0 Å². The van der Waals surface area contributed by atoms with E-state index in [4.69, 9.17) is 0 Å². The Morgan fingerprint density at radius 3 is 2.69 bits per heavy atom. The van der Waals surface area contributed by atoms with Crippen molar-refractivity contribution in [2.45, 2.75) is 45.4 Å². The first-order valence-electron chi connectivity index (χ1n) is 11.5. The SMILES string of the molecule is CCN(C[C@H]1CCCN(CCc2cccc(F)c2)C1)C(=O)CC1CCN(C)CC1. The third-order valence-corrected chi connectivity index (χ3v) is 6.72. The monoisotopic (exact) mass is 403 g/mol. The Bertz CT molecular complexity index is 645. The Morgan fingerprint density at radius 1 is 1.17 bits per heavy atom. The van der Waals surface area contributed by atoms with E-state index in [0.717, 1.165) is 77.1 Å². The van der Waals surface area contributed by atoms with Crippen LogP contribution in [0.1, 0.15) is 44.6 Å². The summed E-state index contributed by atoms with van der Waals surface area (Å²) in [5.74, 6) is 1.30. The summed E-state index contributed by atoms with van der Waals surface area (Å²) >= 11 is 0. The molecule has 0 aliphatic carbocycles. The van der Waals surface area contributed by atoms with Gasteiger partial charge in [0.1, 0.15) is 5.82 Å². The molecule has 1 amide bonds. The molecule has 4 nitrogen and oxygen atoms in total. The minimum atomic E-state index is -0.152. The van der Waals surface area contributed by atoms with Crippen molar-refractivity contribution in [3.8, 4) is 0 Å². The molecule has 0 bridgehead atoms. The van der Waals surface area contributed by atoms with E-state index in [1.54, 1.807) is 12.1 Å². The molecule has 0 saturated carbocycles. The third-order valence-electron chi connectivity index (χ3n) is 6.72. The van der Waals surface area contributed by atoms with Crippen LogP contribution in [-0.4, -0.2) is 73.5 Å². The normalized spacial score (nSPS) is 22.0. The second-order valence-corrected chi connectivity index (χ2v) is 9.07. The maximum absolute atomic E-state index is 13.4. The molecule has 162 valence electrons. The van der Waals surface area contributed by atoms with Crippen molar-refractivity contribution < 1.29 is 9.18 Å². The Hall–Kier alpha value is -1.46. The van der Waals surface area contributed by atoms with E-state index in [2.05, 4.69) is 28.7 Å². The van der Waals surface area contributed by atoms with Crippen molar-refractivity contribution in [1.29, 1.82) is 0 Å². The maximum Gasteiger partial charge on any atom is 0.222 e.